The fourth-order valence-electron chi connectivity index (χ4n) is 3.00. The third-order valence-corrected chi connectivity index (χ3v) is 4.29. The number of alkyl halides is 3. The molecule has 1 aliphatic rings. The highest BCUT2D eigenvalue weighted by Crippen LogP contribution is 2.32. The minimum atomic E-state index is -4.29. The monoisotopic (exact) mass is 335 g/mol. The molecule has 0 amide bonds. The zero-order chi connectivity index (χ0) is 17.0. The number of pyridine rings is 1. The molecule has 1 fully saturated rings. The van der Waals surface area contributed by atoms with Crippen LogP contribution in [0.3, 0.4) is 0 Å². The van der Waals surface area contributed by atoms with E-state index in [2.05, 4.69) is 14.8 Å². The van der Waals surface area contributed by atoms with Gasteiger partial charge in [-0.3, -0.25) is 14.8 Å². The Morgan fingerprint density at radius 3 is 2.08 bits per heavy atom. The summed E-state index contributed by atoms with van der Waals surface area (Å²) in [6.07, 6.45) is -2.52. The standard InChI is InChI=1S/C18H20F3N3/c19-18(20,21)17-7-2-1-5-15(17)13-23-9-11-24(12-10-23)14-16-6-3-4-8-22-16/h1-8H,9-14H2. The number of halogens is 3. The minimum absolute atomic E-state index is 0.340. The first kappa shape index (κ1) is 16.9. The number of hydrogen-bond donors (Lipinski definition) is 0. The molecule has 0 atom stereocenters. The number of benzene rings is 1. The van der Waals surface area contributed by atoms with Crippen LogP contribution in [0.4, 0.5) is 13.2 Å². The summed E-state index contributed by atoms with van der Waals surface area (Å²) in [7, 11) is 0. The van der Waals surface area contributed by atoms with Crippen molar-refractivity contribution in [2.75, 3.05) is 26.2 Å². The van der Waals surface area contributed by atoms with Crippen LogP contribution in [0, 0.1) is 0 Å². The van der Waals surface area contributed by atoms with Crippen LogP contribution in [-0.4, -0.2) is 41.0 Å². The summed E-state index contributed by atoms with van der Waals surface area (Å²) in [6.45, 7) is 4.33. The Morgan fingerprint density at radius 2 is 1.46 bits per heavy atom. The Bertz CT molecular complexity index is 650. The van der Waals surface area contributed by atoms with Gasteiger partial charge in [0.2, 0.25) is 0 Å². The Morgan fingerprint density at radius 1 is 0.833 bits per heavy atom. The van der Waals surface area contributed by atoms with E-state index in [1.54, 1.807) is 18.3 Å². The molecule has 24 heavy (non-hydrogen) atoms. The third kappa shape index (κ3) is 4.33. The van der Waals surface area contributed by atoms with Crippen LogP contribution in [0.2, 0.25) is 0 Å². The van der Waals surface area contributed by atoms with Gasteiger partial charge in [0.05, 0.1) is 11.3 Å². The third-order valence-electron chi connectivity index (χ3n) is 4.29. The number of rotatable bonds is 4. The quantitative estimate of drug-likeness (QED) is 0.853. The van der Waals surface area contributed by atoms with Crippen molar-refractivity contribution in [3.8, 4) is 0 Å². The number of aromatic nitrogens is 1. The van der Waals surface area contributed by atoms with Crippen LogP contribution in [-0.2, 0) is 19.3 Å². The summed E-state index contributed by atoms with van der Waals surface area (Å²) in [5.74, 6) is 0. The van der Waals surface area contributed by atoms with Crippen LogP contribution < -0.4 is 0 Å². The lowest BCUT2D eigenvalue weighted by Crippen LogP contribution is -2.45. The Kier molecular flexibility index (Phi) is 5.16. The van der Waals surface area contributed by atoms with E-state index in [-0.39, 0.29) is 0 Å². The molecule has 0 saturated carbocycles. The molecule has 3 rings (SSSR count). The van der Waals surface area contributed by atoms with Crippen molar-refractivity contribution < 1.29 is 13.2 Å². The Hall–Kier alpha value is -1.92. The van der Waals surface area contributed by atoms with E-state index < -0.39 is 11.7 Å². The van der Waals surface area contributed by atoms with E-state index in [4.69, 9.17) is 0 Å². The van der Waals surface area contributed by atoms with Gasteiger partial charge >= 0.3 is 6.18 Å². The average molecular weight is 335 g/mol. The van der Waals surface area contributed by atoms with Crippen molar-refractivity contribution in [1.82, 2.24) is 14.8 Å². The van der Waals surface area contributed by atoms with Gasteiger partial charge in [-0.2, -0.15) is 13.2 Å². The number of hydrogen-bond acceptors (Lipinski definition) is 3. The lowest BCUT2D eigenvalue weighted by Gasteiger charge is -2.34. The van der Waals surface area contributed by atoms with Gasteiger partial charge in [-0.25, -0.2) is 0 Å². The van der Waals surface area contributed by atoms with Crippen LogP contribution in [0.25, 0.3) is 0 Å². The van der Waals surface area contributed by atoms with E-state index >= 15 is 0 Å². The molecule has 0 aliphatic carbocycles. The summed E-state index contributed by atoms with van der Waals surface area (Å²) >= 11 is 0. The highest BCUT2D eigenvalue weighted by atomic mass is 19.4. The molecule has 1 saturated heterocycles. The topological polar surface area (TPSA) is 19.4 Å². The number of piperazine rings is 1. The Balaban J connectivity index is 1.56. The highest BCUT2D eigenvalue weighted by Gasteiger charge is 2.33. The second-order valence-electron chi connectivity index (χ2n) is 6.03. The van der Waals surface area contributed by atoms with E-state index in [1.807, 2.05) is 18.2 Å². The van der Waals surface area contributed by atoms with Crippen LogP contribution >= 0.6 is 0 Å². The van der Waals surface area contributed by atoms with E-state index in [1.165, 1.54) is 6.07 Å². The molecular weight excluding hydrogens is 315 g/mol. The van der Waals surface area contributed by atoms with E-state index in [9.17, 15) is 13.2 Å². The second-order valence-corrected chi connectivity index (χ2v) is 6.03. The predicted molar refractivity (Wildman–Crippen MR) is 86.2 cm³/mol. The van der Waals surface area contributed by atoms with Crippen LogP contribution in [0.15, 0.2) is 48.7 Å². The van der Waals surface area contributed by atoms with Crippen LogP contribution in [0.5, 0.6) is 0 Å². The van der Waals surface area contributed by atoms with Crippen molar-refractivity contribution in [2.45, 2.75) is 19.3 Å². The predicted octanol–water partition coefficient (Wildman–Crippen LogP) is 3.42. The maximum atomic E-state index is 13.1. The molecule has 2 heterocycles. The van der Waals surface area contributed by atoms with Crippen molar-refractivity contribution in [3.63, 3.8) is 0 Å². The van der Waals surface area contributed by atoms with E-state index in [0.717, 1.165) is 44.5 Å². The summed E-state index contributed by atoms with van der Waals surface area (Å²) in [4.78, 5) is 8.69. The van der Waals surface area contributed by atoms with Gasteiger partial charge in [0.1, 0.15) is 0 Å². The van der Waals surface area contributed by atoms with Gasteiger partial charge in [0, 0.05) is 45.5 Å². The first-order valence-corrected chi connectivity index (χ1v) is 8.02. The molecule has 6 heteroatoms. The van der Waals surface area contributed by atoms with Crippen LogP contribution in [0.1, 0.15) is 16.8 Å². The highest BCUT2D eigenvalue weighted by molar-refractivity contribution is 5.29. The molecule has 2 aromatic rings. The van der Waals surface area contributed by atoms with Crippen molar-refractivity contribution >= 4 is 0 Å². The van der Waals surface area contributed by atoms with Gasteiger partial charge in [-0.05, 0) is 23.8 Å². The fourth-order valence-corrected chi connectivity index (χ4v) is 3.00. The lowest BCUT2D eigenvalue weighted by molar-refractivity contribution is -0.138. The maximum absolute atomic E-state index is 13.1. The summed E-state index contributed by atoms with van der Waals surface area (Å²) < 4.78 is 39.2. The van der Waals surface area contributed by atoms with Gasteiger partial charge in [0.25, 0.3) is 0 Å². The second kappa shape index (κ2) is 7.32. The molecule has 1 aromatic heterocycles. The van der Waals surface area contributed by atoms with Crippen molar-refractivity contribution in [3.05, 3.63) is 65.5 Å². The van der Waals surface area contributed by atoms with Gasteiger partial charge in [-0.1, -0.05) is 24.3 Å². The summed E-state index contributed by atoms with van der Waals surface area (Å²) in [5.41, 5.74) is 0.845. The molecule has 128 valence electrons. The van der Waals surface area contributed by atoms with Crippen molar-refractivity contribution in [1.29, 1.82) is 0 Å². The van der Waals surface area contributed by atoms with Gasteiger partial charge in [-0.15, -0.1) is 0 Å². The molecular formula is C18H20F3N3. The van der Waals surface area contributed by atoms with Gasteiger partial charge in [0.15, 0.2) is 0 Å². The molecule has 0 spiro atoms. The minimum Gasteiger partial charge on any atom is -0.297 e. The first-order chi connectivity index (χ1) is 11.5. The molecule has 0 bridgehead atoms. The Labute approximate surface area is 139 Å². The average Bonchev–Trinajstić information content (AvgIpc) is 2.57. The molecule has 0 N–H and O–H groups in total. The maximum Gasteiger partial charge on any atom is 0.416 e. The van der Waals surface area contributed by atoms with Gasteiger partial charge < -0.3 is 0 Å². The fraction of sp³-hybridized carbons (Fsp3) is 0.389. The number of nitrogens with zero attached hydrogens (tertiary/aromatic N) is 3. The molecule has 0 unspecified atom stereocenters. The molecule has 1 aliphatic heterocycles. The molecule has 1 aromatic carbocycles. The SMILES string of the molecule is FC(F)(F)c1ccccc1CN1CCN(Cc2ccccn2)CC1. The first-order valence-electron chi connectivity index (χ1n) is 8.02. The summed E-state index contributed by atoms with van der Waals surface area (Å²) in [5, 5.41) is 0. The lowest BCUT2D eigenvalue weighted by atomic mass is 10.1. The normalized spacial score (nSPS) is 17.1. The smallest absolute Gasteiger partial charge is 0.297 e. The van der Waals surface area contributed by atoms with E-state index in [0.29, 0.717) is 12.1 Å². The molecule has 0 radical (unpaired) electrons. The van der Waals surface area contributed by atoms with Crippen molar-refractivity contribution in [2.24, 2.45) is 0 Å². The zero-order valence-electron chi connectivity index (χ0n) is 13.3. The summed E-state index contributed by atoms with van der Waals surface area (Å²) in [6, 6.07) is 11.7. The largest absolute Gasteiger partial charge is 0.416 e. The molecule has 3 nitrogen and oxygen atoms in total. The zero-order valence-corrected chi connectivity index (χ0v) is 13.3.